The predicted molar refractivity (Wildman–Crippen MR) is 103 cm³/mol. The van der Waals surface area contributed by atoms with E-state index in [-0.39, 0.29) is 18.6 Å². The Morgan fingerprint density at radius 3 is 2.50 bits per heavy atom. The Morgan fingerprint density at radius 1 is 1.07 bits per heavy atom. The van der Waals surface area contributed by atoms with Crippen molar-refractivity contribution in [2.24, 2.45) is 5.10 Å². The Kier molecular flexibility index (Phi) is 6.46. The van der Waals surface area contributed by atoms with Crippen molar-refractivity contribution in [3.8, 4) is 0 Å². The van der Waals surface area contributed by atoms with Crippen molar-refractivity contribution in [3.63, 3.8) is 0 Å². The van der Waals surface area contributed by atoms with Gasteiger partial charge in [0.1, 0.15) is 24.5 Å². The molecule has 0 aromatic carbocycles. The molecule has 0 bridgehead atoms. The summed E-state index contributed by atoms with van der Waals surface area (Å²) in [5.74, 6) is -2.88. The molecule has 28 heavy (non-hydrogen) atoms. The van der Waals surface area contributed by atoms with Gasteiger partial charge in [-0.1, -0.05) is 32.6 Å². The maximum absolute atomic E-state index is 12.3. The van der Waals surface area contributed by atoms with Crippen LogP contribution in [-0.4, -0.2) is 54.4 Å². The standard InChI is InChI=1S/C20H34N2O6/c1-6-7-8-9-10-11-15(23)21-22-17-16-14(26-19(4,5)27-16)12-24-20(17)13-25-18(2,3)28-20/h14,16H,6-13H2,1-5H3,(H,21,23)/b22-17+/t14-,16-,20-/m1/s1. The lowest BCUT2D eigenvalue weighted by Crippen LogP contribution is -2.59. The highest BCUT2D eigenvalue weighted by Gasteiger charge is 2.61. The Bertz CT molecular complexity index is 604. The summed E-state index contributed by atoms with van der Waals surface area (Å²) in [6, 6.07) is 0. The van der Waals surface area contributed by atoms with E-state index in [4.69, 9.17) is 23.7 Å². The molecule has 0 unspecified atom stereocenters. The summed E-state index contributed by atoms with van der Waals surface area (Å²) in [5, 5.41) is 4.39. The van der Waals surface area contributed by atoms with Crippen LogP contribution in [0.3, 0.4) is 0 Å². The summed E-state index contributed by atoms with van der Waals surface area (Å²) in [6.07, 6.45) is 5.10. The van der Waals surface area contributed by atoms with Gasteiger partial charge in [0.15, 0.2) is 11.6 Å². The van der Waals surface area contributed by atoms with E-state index in [1.165, 1.54) is 12.8 Å². The van der Waals surface area contributed by atoms with E-state index in [1.54, 1.807) is 0 Å². The van der Waals surface area contributed by atoms with Gasteiger partial charge in [-0.2, -0.15) is 5.10 Å². The van der Waals surface area contributed by atoms with Crippen molar-refractivity contribution in [2.45, 2.75) is 103 Å². The van der Waals surface area contributed by atoms with Gasteiger partial charge < -0.3 is 23.7 Å². The van der Waals surface area contributed by atoms with Crippen LogP contribution in [-0.2, 0) is 28.5 Å². The fourth-order valence-corrected chi connectivity index (χ4v) is 3.84. The molecule has 1 amide bonds. The number of carbonyl (C=O) groups excluding carboxylic acids is 1. The molecule has 3 rings (SSSR count). The van der Waals surface area contributed by atoms with Crippen molar-refractivity contribution in [1.82, 2.24) is 5.43 Å². The second-order valence-corrected chi connectivity index (χ2v) is 8.65. The Hall–Kier alpha value is -1.06. The molecule has 8 nitrogen and oxygen atoms in total. The molecule has 0 radical (unpaired) electrons. The SMILES string of the molecule is CCCCCCCC(=O)N/N=C1\[C@@H]2OC(C)(C)O[C@@H]2CO[C@@]12COC(C)(C)O2. The maximum Gasteiger partial charge on any atom is 0.240 e. The van der Waals surface area contributed by atoms with Gasteiger partial charge in [-0.3, -0.25) is 4.79 Å². The minimum absolute atomic E-state index is 0.127. The van der Waals surface area contributed by atoms with Gasteiger partial charge >= 0.3 is 0 Å². The highest BCUT2D eigenvalue weighted by Crippen LogP contribution is 2.42. The van der Waals surface area contributed by atoms with Crippen LogP contribution in [0.2, 0.25) is 0 Å². The lowest BCUT2D eigenvalue weighted by atomic mass is 9.98. The van der Waals surface area contributed by atoms with Gasteiger partial charge in [0.05, 0.1) is 6.61 Å². The Labute approximate surface area is 167 Å². The number of hydrogen-bond acceptors (Lipinski definition) is 7. The summed E-state index contributed by atoms with van der Waals surface area (Å²) in [4.78, 5) is 12.3. The van der Waals surface area contributed by atoms with Gasteiger partial charge in [0.2, 0.25) is 11.7 Å². The van der Waals surface area contributed by atoms with Crippen molar-refractivity contribution in [1.29, 1.82) is 0 Å². The van der Waals surface area contributed by atoms with Crippen LogP contribution < -0.4 is 5.43 Å². The highest BCUT2D eigenvalue weighted by atomic mass is 16.8. The number of rotatable bonds is 7. The molecule has 1 spiro atoms. The summed E-state index contributed by atoms with van der Waals surface area (Å²) in [7, 11) is 0. The first-order valence-electron chi connectivity index (χ1n) is 10.4. The third-order valence-electron chi connectivity index (χ3n) is 5.15. The highest BCUT2D eigenvalue weighted by molar-refractivity contribution is 5.97. The monoisotopic (exact) mass is 398 g/mol. The van der Waals surface area contributed by atoms with Gasteiger partial charge in [-0.15, -0.1) is 0 Å². The quantitative estimate of drug-likeness (QED) is 0.524. The minimum Gasteiger partial charge on any atom is -0.344 e. The van der Waals surface area contributed by atoms with Crippen LogP contribution in [0.25, 0.3) is 0 Å². The Morgan fingerprint density at radius 2 is 1.82 bits per heavy atom. The average Bonchev–Trinajstić information content (AvgIpc) is 3.09. The molecule has 3 fully saturated rings. The van der Waals surface area contributed by atoms with E-state index in [1.807, 2.05) is 27.7 Å². The first kappa shape index (κ1) is 21.6. The third kappa shape index (κ3) is 4.91. The van der Waals surface area contributed by atoms with E-state index in [0.29, 0.717) is 18.7 Å². The fraction of sp³-hybridized carbons (Fsp3) is 0.900. The molecule has 160 valence electrons. The molecule has 0 aromatic rings. The number of nitrogens with zero attached hydrogens (tertiary/aromatic N) is 1. The topological polar surface area (TPSA) is 87.6 Å². The van der Waals surface area contributed by atoms with Crippen LogP contribution in [0, 0.1) is 0 Å². The minimum atomic E-state index is -1.18. The average molecular weight is 399 g/mol. The zero-order valence-electron chi connectivity index (χ0n) is 17.7. The van der Waals surface area contributed by atoms with Crippen LogP contribution in [0.1, 0.15) is 73.1 Å². The second kappa shape index (κ2) is 8.36. The van der Waals surface area contributed by atoms with Crippen LogP contribution in [0.4, 0.5) is 0 Å². The number of ether oxygens (including phenoxy) is 5. The van der Waals surface area contributed by atoms with E-state index >= 15 is 0 Å². The van der Waals surface area contributed by atoms with Crippen LogP contribution >= 0.6 is 0 Å². The van der Waals surface area contributed by atoms with Gasteiger partial charge in [-0.05, 0) is 34.1 Å². The largest absolute Gasteiger partial charge is 0.344 e. The number of carbonyl (C=O) groups is 1. The first-order chi connectivity index (χ1) is 13.2. The molecule has 3 aliphatic heterocycles. The molecule has 1 N–H and O–H groups in total. The lowest BCUT2D eigenvalue weighted by molar-refractivity contribution is -0.236. The molecular formula is C20H34N2O6. The predicted octanol–water partition coefficient (Wildman–Crippen LogP) is 2.85. The van der Waals surface area contributed by atoms with E-state index in [2.05, 4.69) is 17.5 Å². The summed E-state index contributed by atoms with van der Waals surface area (Å²) < 4.78 is 29.8. The normalized spacial score (nSPS) is 34.7. The molecule has 0 aliphatic carbocycles. The summed E-state index contributed by atoms with van der Waals surface area (Å²) >= 11 is 0. The van der Waals surface area contributed by atoms with Crippen molar-refractivity contribution in [2.75, 3.05) is 13.2 Å². The maximum atomic E-state index is 12.3. The number of nitrogens with one attached hydrogen (secondary N) is 1. The first-order valence-corrected chi connectivity index (χ1v) is 10.4. The van der Waals surface area contributed by atoms with Crippen molar-refractivity contribution in [3.05, 3.63) is 0 Å². The van der Waals surface area contributed by atoms with Gasteiger partial charge in [0.25, 0.3) is 0 Å². The molecule has 8 heteroatoms. The number of fused-ring (bicyclic) bond motifs is 1. The zero-order chi connectivity index (χ0) is 20.4. The summed E-state index contributed by atoms with van der Waals surface area (Å²) in [6.45, 7) is 9.99. The molecule has 0 aromatic heterocycles. The van der Waals surface area contributed by atoms with Gasteiger partial charge in [0, 0.05) is 6.42 Å². The van der Waals surface area contributed by atoms with E-state index < -0.39 is 23.5 Å². The lowest BCUT2D eigenvalue weighted by Gasteiger charge is -2.38. The Balaban J connectivity index is 1.69. The van der Waals surface area contributed by atoms with Crippen LogP contribution in [0.5, 0.6) is 0 Å². The van der Waals surface area contributed by atoms with Crippen LogP contribution in [0.15, 0.2) is 5.10 Å². The molecular weight excluding hydrogens is 364 g/mol. The number of hydrazone groups is 1. The molecule has 0 saturated carbocycles. The smallest absolute Gasteiger partial charge is 0.240 e. The number of amides is 1. The fourth-order valence-electron chi connectivity index (χ4n) is 3.84. The van der Waals surface area contributed by atoms with E-state index in [9.17, 15) is 4.79 Å². The molecule has 3 atom stereocenters. The third-order valence-corrected chi connectivity index (χ3v) is 5.15. The van der Waals surface area contributed by atoms with Crippen molar-refractivity contribution >= 4 is 11.6 Å². The molecule has 3 saturated heterocycles. The van der Waals surface area contributed by atoms with E-state index in [0.717, 1.165) is 19.3 Å². The van der Waals surface area contributed by atoms with Gasteiger partial charge in [-0.25, -0.2) is 5.43 Å². The zero-order valence-corrected chi connectivity index (χ0v) is 17.7. The molecule has 3 aliphatic rings. The molecule has 3 heterocycles. The summed E-state index contributed by atoms with van der Waals surface area (Å²) in [5.41, 5.74) is 3.12. The van der Waals surface area contributed by atoms with Crippen molar-refractivity contribution < 1.29 is 28.5 Å². The number of unbranched alkanes of at least 4 members (excludes halogenated alkanes) is 4. The number of hydrogen-bond donors (Lipinski definition) is 1. The second-order valence-electron chi connectivity index (χ2n) is 8.65.